The third-order valence-corrected chi connectivity index (χ3v) is 6.09. The van der Waals surface area contributed by atoms with Crippen molar-refractivity contribution in [1.82, 2.24) is 0 Å². The second-order valence-corrected chi connectivity index (χ2v) is 7.98. The van der Waals surface area contributed by atoms with Crippen molar-refractivity contribution < 1.29 is 22.7 Å². The topological polar surface area (TPSA) is 72.9 Å². The highest BCUT2D eigenvalue weighted by Gasteiger charge is 2.21. The number of hydrogen-bond donors (Lipinski definition) is 0. The zero-order chi connectivity index (χ0) is 19.3. The molecule has 0 aliphatic heterocycles. The van der Waals surface area contributed by atoms with Crippen LogP contribution in [-0.2, 0) is 14.6 Å². The highest BCUT2D eigenvalue weighted by atomic mass is 35.5. The van der Waals surface area contributed by atoms with Gasteiger partial charge in [0.25, 0.3) is 0 Å². The fraction of sp³-hybridized carbons (Fsp3) is 0.278. The smallest absolute Gasteiger partial charge is 0.227 e. The number of benzene rings is 2. The van der Waals surface area contributed by atoms with Crippen molar-refractivity contribution in [2.24, 2.45) is 0 Å². The van der Waals surface area contributed by atoms with Gasteiger partial charge in [0.1, 0.15) is 0 Å². The quantitative estimate of drug-likeness (QED) is 0.717. The molecule has 2 rings (SSSR count). The molecule has 1 amide bonds. The van der Waals surface area contributed by atoms with Gasteiger partial charge in [-0.25, -0.2) is 8.42 Å². The van der Waals surface area contributed by atoms with Crippen LogP contribution in [0.5, 0.6) is 11.5 Å². The van der Waals surface area contributed by atoms with Gasteiger partial charge in [0, 0.05) is 25.2 Å². The molecule has 8 heteroatoms. The molecule has 0 aromatic heterocycles. The van der Waals surface area contributed by atoms with E-state index in [1.807, 2.05) is 0 Å². The highest BCUT2D eigenvalue weighted by Crippen LogP contribution is 2.31. The highest BCUT2D eigenvalue weighted by molar-refractivity contribution is 7.91. The molecule has 2 aromatic rings. The molecular weight excluding hydrogens is 378 g/mol. The van der Waals surface area contributed by atoms with E-state index in [-0.39, 0.29) is 28.0 Å². The summed E-state index contributed by atoms with van der Waals surface area (Å²) < 4.78 is 35.2. The molecule has 2 aromatic carbocycles. The van der Waals surface area contributed by atoms with Gasteiger partial charge < -0.3 is 14.4 Å². The lowest BCUT2D eigenvalue weighted by atomic mass is 10.2. The molecule has 0 radical (unpaired) electrons. The summed E-state index contributed by atoms with van der Waals surface area (Å²) in [7, 11) is 0.945. The maximum Gasteiger partial charge on any atom is 0.227 e. The third-order valence-electron chi connectivity index (χ3n) is 3.88. The summed E-state index contributed by atoms with van der Waals surface area (Å²) >= 11 is 5.94. The van der Waals surface area contributed by atoms with E-state index in [1.165, 1.54) is 31.3 Å². The van der Waals surface area contributed by atoms with E-state index in [4.69, 9.17) is 21.1 Å². The largest absolute Gasteiger partial charge is 0.493 e. The molecule has 0 N–H and O–H groups in total. The standard InChI is InChI=1S/C18H20ClNO5S/c1-20(13-8-9-15(24-2)16(12-13)25-3)18(21)10-11-26(22,23)17-7-5-4-6-14(17)19/h4-9,12H,10-11H2,1-3H3. The van der Waals surface area contributed by atoms with Crippen molar-refractivity contribution >= 4 is 33.0 Å². The number of nitrogens with zero attached hydrogens (tertiary/aromatic N) is 1. The zero-order valence-electron chi connectivity index (χ0n) is 14.7. The molecule has 0 bridgehead atoms. The summed E-state index contributed by atoms with van der Waals surface area (Å²) in [6.45, 7) is 0. The monoisotopic (exact) mass is 397 g/mol. The summed E-state index contributed by atoms with van der Waals surface area (Å²) in [6, 6.07) is 11.2. The molecular formula is C18H20ClNO5S. The maximum atomic E-state index is 12.4. The van der Waals surface area contributed by atoms with Crippen molar-refractivity contribution in [1.29, 1.82) is 0 Å². The van der Waals surface area contributed by atoms with Gasteiger partial charge in [-0.3, -0.25) is 4.79 Å². The van der Waals surface area contributed by atoms with E-state index in [1.54, 1.807) is 37.4 Å². The van der Waals surface area contributed by atoms with Crippen molar-refractivity contribution in [2.75, 3.05) is 31.9 Å². The number of halogens is 1. The van der Waals surface area contributed by atoms with Gasteiger partial charge in [-0.15, -0.1) is 0 Å². The fourth-order valence-corrected chi connectivity index (χ4v) is 4.18. The van der Waals surface area contributed by atoms with Gasteiger partial charge in [-0.1, -0.05) is 23.7 Å². The van der Waals surface area contributed by atoms with E-state index in [0.29, 0.717) is 17.2 Å². The zero-order valence-corrected chi connectivity index (χ0v) is 16.3. The first-order valence-electron chi connectivity index (χ1n) is 7.76. The average Bonchev–Trinajstić information content (AvgIpc) is 2.65. The van der Waals surface area contributed by atoms with Gasteiger partial charge in [0.2, 0.25) is 5.91 Å². The molecule has 0 aliphatic rings. The normalized spacial score (nSPS) is 11.1. The number of rotatable bonds is 7. The SMILES string of the molecule is COc1ccc(N(C)C(=O)CCS(=O)(=O)c2ccccc2Cl)cc1OC. The average molecular weight is 398 g/mol. The van der Waals surface area contributed by atoms with Crippen LogP contribution < -0.4 is 14.4 Å². The first kappa shape index (κ1) is 20.1. The number of methoxy groups -OCH3 is 2. The summed E-state index contributed by atoms with van der Waals surface area (Å²) in [6.07, 6.45) is -0.168. The van der Waals surface area contributed by atoms with Gasteiger partial charge in [0.05, 0.1) is 29.9 Å². The molecule has 0 unspecified atom stereocenters. The first-order valence-corrected chi connectivity index (χ1v) is 9.79. The molecule has 0 fully saturated rings. The minimum absolute atomic E-state index is 0.0308. The van der Waals surface area contributed by atoms with E-state index in [9.17, 15) is 13.2 Å². The molecule has 0 spiro atoms. The van der Waals surface area contributed by atoms with Crippen LogP contribution in [0, 0.1) is 0 Å². The summed E-state index contributed by atoms with van der Waals surface area (Å²) in [5.41, 5.74) is 0.572. The summed E-state index contributed by atoms with van der Waals surface area (Å²) in [5, 5.41) is 0.146. The Morgan fingerprint density at radius 2 is 1.73 bits per heavy atom. The van der Waals surface area contributed by atoms with Gasteiger partial charge >= 0.3 is 0 Å². The van der Waals surface area contributed by atoms with E-state index in [0.717, 1.165) is 0 Å². The van der Waals surface area contributed by atoms with Crippen LogP contribution in [0.3, 0.4) is 0 Å². The lowest BCUT2D eigenvalue weighted by Crippen LogP contribution is -2.28. The Labute approximate surface area is 158 Å². The van der Waals surface area contributed by atoms with Crippen LogP contribution in [0.1, 0.15) is 6.42 Å². The Kier molecular flexibility index (Phi) is 6.50. The molecule has 26 heavy (non-hydrogen) atoms. The van der Waals surface area contributed by atoms with Crippen molar-refractivity contribution in [3.05, 3.63) is 47.5 Å². The molecule has 0 saturated heterocycles. The van der Waals surface area contributed by atoms with Crippen molar-refractivity contribution in [2.45, 2.75) is 11.3 Å². The van der Waals surface area contributed by atoms with Crippen LogP contribution in [-0.4, -0.2) is 41.3 Å². The Balaban J connectivity index is 2.11. The molecule has 140 valence electrons. The van der Waals surface area contributed by atoms with E-state index in [2.05, 4.69) is 0 Å². The third kappa shape index (κ3) is 4.47. The van der Waals surface area contributed by atoms with Crippen molar-refractivity contribution in [3.8, 4) is 11.5 Å². The Morgan fingerprint density at radius 3 is 2.35 bits per heavy atom. The fourth-order valence-electron chi connectivity index (χ4n) is 2.37. The van der Waals surface area contributed by atoms with Gasteiger partial charge in [-0.2, -0.15) is 0 Å². The molecule has 0 atom stereocenters. The van der Waals surface area contributed by atoms with Crippen LogP contribution in [0.4, 0.5) is 5.69 Å². The van der Waals surface area contributed by atoms with E-state index >= 15 is 0 Å². The molecule has 6 nitrogen and oxygen atoms in total. The summed E-state index contributed by atoms with van der Waals surface area (Å²) in [4.78, 5) is 13.8. The predicted molar refractivity (Wildman–Crippen MR) is 101 cm³/mol. The Hall–Kier alpha value is -2.25. The second kappa shape index (κ2) is 8.42. The number of anilines is 1. The van der Waals surface area contributed by atoms with Crippen LogP contribution in [0.25, 0.3) is 0 Å². The lowest BCUT2D eigenvalue weighted by molar-refractivity contribution is -0.117. The van der Waals surface area contributed by atoms with Crippen molar-refractivity contribution in [3.63, 3.8) is 0 Å². The number of amides is 1. The lowest BCUT2D eigenvalue weighted by Gasteiger charge is -2.19. The minimum Gasteiger partial charge on any atom is -0.493 e. The number of ether oxygens (including phenoxy) is 2. The number of carbonyl (C=O) groups is 1. The van der Waals surface area contributed by atoms with E-state index < -0.39 is 9.84 Å². The molecule has 0 aliphatic carbocycles. The Bertz CT molecular complexity index is 898. The maximum absolute atomic E-state index is 12.4. The van der Waals surface area contributed by atoms with Crippen LogP contribution >= 0.6 is 11.6 Å². The van der Waals surface area contributed by atoms with Gasteiger partial charge in [0.15, 0.2) is 21.3 Å². The predicted octanol–water partition coefficient (Wildman–Crippen LogP) is 3.18. The summed E-state index contributed by atoms with van der Waals surface area (Å²) in [5.74, 6) is 0.354. The number of carbonyl (C=O) groups excluding carboxylic acids is 1. The van der Waals surface area contributed by atoms with Gasteiger partial charge in [-0.05, 0) is 24.3 Å². The van der Waals surface area contributed by atoms with Crippen LogP contribution in [0.15, 0.2) is 47.4 Å². The second-order valence-electron chi connectivity index (χ2n) is 5.49. The molecule has 0 heterocycles. The number of hydrogen-bond acceptors (Lipinski definition) is 5. The van der Waals surface area contributed by atoms with Crippen LogP contribution in [0.2, 0.25) is 5.02 Å². The Morgan fingerprint density at radius 1 is 1.08 bits per heavy atom. The minimum atomic E-state index is -3.65. The first-order chi connectivity index (χ1) is 12.3. The number of sulfone groups is 1. The molecule has 0 saturated carbocycles.